The van der Waals surface area contributed by atoms with Crippen molar-refractivity contribution in [3.8, 4) is 0 Å². The molecule has 1 atom stereocenters. The first-order valence-electron chi connectivity index (χ1n) is 10.9. The predicted octanol–water partition coefficient (Wildman–Crippen LogP) is 3.99. The van der Waals surface area contributed by atoms with Gasteiger partial charge in [0.15, 0.2) is 0 Å². The van der Waals surface area contributed by atoms with E-state index in [1.807, 2.05) is 24.3 Å². The van der Waals surface area contributed by atoms with Gasteiger partial charge >= 0.3 is 12.0 Å². The number of piperazine rings is 1. The maximum absolute atomic E-state index is 12.9. The lowest BCUT2D eigenvalue weighted by Gasteiger charge is -2.38. The summed E-state index contributed by atoms with van der Waals surface area (Å²) in [5.74, 6) is -0.445. The molecule has 0 saturated carbocycles. The summed E-state index contributed by atoms with van der Waals surface area (Å²) >= 11 is 12.0. The highest BCUT2D eigenvalue weighted by Crippen LogP contribution is 2.29. The molecule has 4 rings (SSSR count). The Morgan fingerprint density at radius 2 is 1.61 bits per heavy atom. The Morgan fingerprint density at radius 3 is 2.21 bits per heavy atom. The molecule has 0 aliphatic carbocycles. The summed E-state index contributed by atoms with van der Waals surface area (Å²) < 4.78 is 5.34. The van der Waals surface area contributed by atoms with Crippen molar-refractivity contribution < 1.29 is 14.3 Å². The van der Waals surface area contributed by atoms with Gasteiger partial charge in [-0.2, -0.15) is 0 Å². The highest BCUT2D eigenvalue weighted by Gasteiger charge is 2.34. The average Bonchev–Trinajstić information content (AvgIpc) is 2.80. The van der Waals surface area contributed by atoms with Gasteiger partial charge in [0, 0.05) is 54.2 Å². The first-order valence-corrected chi connectivity index (χ1v) is 11.7. The topological polar surface area (TPSA) is 73.9 Å². The van der Waals surface area contributed by atoms with Gasteiger partial charge in [-0.05, 0) is 48.9 Å². The van der Waals surface area contributed by atoms with E-state index in [0.717, 1.165) is 37.4 Å². The predicted molar refractivity (Wildman–Crippen MR) is 130 cm³/mol. The van der Waals surface area contributed by atoms with Gasteiger partial charge in [0.2, 0.25) is 0 Å². The standard InChI is InChI=1S/C24H26Cl2N4O3/c1-2-33-23(31)21-20(27-24(32)28-22(21)16-3-5-17(25)6-4-16)15-29-11-13-30(14-12-29)19-9-7-18(26)8-10-19/h3-10,22H,2,11-15H2,1H3,(H2,27,28,32)/t22-/m0/s1. The normalized spacial score (nSPS) is 19.2. The summed E-state index contributed by atoms with van der Waals surface area (Å²) in [5, 5.41) is 7.00. The van der Waals surface area contributed by atoms with E-state index in [-0.39, 0.29) is 12.6 Å². The number of carbonyl (C=O) groups excluding carboxylic acids is 2. The van der Waals surface area contributed by atoms with Crippen LogP contribution in [0.2, 0.25) is 10.0 Å². The molecule has 2 aliphatic rings. The third kappa shape index (κ3) is 5.61. The van der Waals surface area contributed by atoms with Crippen molar-refractivity contribution in [3.63, 3.8) is 0 Å². The Bertz CT molecular complexity index is 1030. The van der Waals surface area contributed by atoms with E-state index in [9.17, 15) is 9.59 Å². The number of carbonyl (C=O) groups is 2. The number of hydrogen-bond donors (Lipinski definition) is 2. The molecule has 2 aliphatic heterocycles. The minimum Gasteiger partial charge on any atom is -0.463 e. The van der Waals surface area contributed by atoms with Crippen LogP contribution in [-0.2, 0) is 9.53 Å². The summed E-state index contributed by atoms with van der Waals surface area (Å²) in [5.41, 5.74) is 2.88. The Morgan fingerprint density at radius 1 is 1.00 bits per heavy atom. The lowest BCUT2D eigenvalue weighted by Crippen LogP contribution is -2.51. The molecule has 0 bridgehead atoms. The number of urea groups is 1. The number of esters is 1. The van der Waals surface area contributed by atoms with Crippen molar-refractivity contribution in [2.45, 2.75) is 13.0 Å². The summed E-state index contributed by atoms with van der Waals surface area (Å²) in [6.45, 7) is 5.69. The molecule has 174 valence electrons. The van der Waals surface area contributed by atoms with Crippen LogP contribution in [0.3, 0.4) is 0 Å². The molecular weight excluding hydrogens is 463 g/mol. The number of halogens is 2. The van der Waals surface area contributed by atoms with Crippen molar-refractivity contribution in [1.29, 1.82) is 0 Å². The maximum atomic E-state index is 12.9. The number of hydrogen-bond acceptors (Lipinski definition) is 5. The molecule has 9 heteroatoms. The third-order valence-electron chi connectivity index (χ3n) is 5.80. The zero-order valence-corrected chi connectivity index (χ0v) is 19.8. The van der Waals surface area contributed by atoms with Crippen LogP contribution < -0.4 is 15.5 Å². The van der Waals surface area contributed by atoms with Gasteiger partial charge in [-0.15, -0.1) is 0 Å². The van der Waals surface area contributed by atoms with Gasteiger partial charge in [0.05, 0.1) is 18.2 Å². The Labute approximate surface area is 203 Å². The molecule has 2 aromatic rings. The molecule has 0 aromatic heterocycles. The summed E-state index contributed by atoms with van der Waals surface area (Å²) in [4.78, 5) is 29.9. The van der Waals surface area contributed by atoms with Crippen molar-refractivity contribution in [3.05, 3.63) is 75.4 Å². The van der Waals surface area contributed by atoms with Crippen LogP contribution in [0, 0.1) is 0 Å². The maximum Gasteiger partial charge on any atom is 0.338 e. The number of ether oxygens (including phenoxy) is 1. The summed E-state index contributed by atoms with van der Waals surface area (Å²) in [7, 11) is 0. The fourth-order valence-corrected chi connectivity index (χ4v) is 4.39. The molecule has 0 unspecified atom stereocenters. The Kier molecular flexibility index (Phi) is 7.42. The highest BCUT2D eigenvalue weighted by atomic mass is 35.5. The molecule has 7 nitrogen and oxygen atoms in total. The number of nitrogens with zero attached hydrogens (tertiary/aromatic N) is 2. The van der Waals surface area contributed by atoms with E-state index in [0.29, 0.717) is 27.9 Å². The number of benzene rings is 2. The van der Waals surface area contributed by atoms with E-state index in [2.05, 4.69) is 20.4 Å². The lowest BCUT2D eigenvalue weighted by atomic mass is 9.95. The smallest absolute Gasteiger partial charge is 0.338 e. The van der Waals surface area contributed by atoms with E-state index < -0.39 is 12.0 Å². The quantitative estimate of drug-likeness (QED) is 0.601. The molecule has 0 spiro atoms. The van der Waals surface area contributed by atoms with E-state index in [1.54, 1.807) is 31.2 Å². The molecule has 1 fully saturated rings. The first-order chi connectivity index (χ1) is 15.9. The number of nitrogens with one attached hydrogen (secondary N) is 2. The fourth-order valence-electron chi connectivity index (χ4n) is 4.14. The number of amides is 2. The van der Waals surface area contributed by atoms with E-state index in [4.69, 9.17) is 27.9 Å². The number of anilines is 1. The van der Waals surface area contributed by atoms with Crippen LogP contribution in [0.25, 0.3) is 0 Å². The largest absolute Gasteiger partial charge is 0.463 e. The van der Waals surface area contributed by atoms with Gasteiger partial charge < -0.3 is 20.3 Å². The second-order valence-electron chi connectivity index (χ2n) is 7.94. The molecule has 1 saturated heterocycles. The lowest BCUT2D eigenvalue weighted by molar-refractivity contribution is -0.139. The molecule has 0 radical (unpaired) electrons. The second-order valence-corrected chi connectivity index (χ2v) is 8.81. The third-order valence-corrected chi connectivity index (χ3v) is 6.30. The highest BCUT2D eigenvalue weighted by molar-refractivity contribution is 6.30. The fraction of sp³-hybridized carbons (Fsp3) is 0.333. The van der Waals surface area contributed by atoms with Crippen LogP contribution in [0.5, 0.6) is 0 Å². The Hall–Kier alpha value is -2.74. The average molecular weight is 489 g/mol. The van der Waals surface area contributed by atoms with E-state index in [1.165, 1.54) is 0 Å². The van der Waals surface area contributed by atoms with Gasteiger partial charge in [-0.1, -0.05) is 35.3 Å². The SMILES string of the molecule is CCOC(=O)C1=C(CN2CCN(c3ccc(Cl)cc3)CC2)NC(=O)N[C@H]1c1ccc(Cl)cc1. The van der Waals surface area contributed by atoms with Crippen LogP contribution >= 0.6 is 23.2 Å². The van der Waals surface area contributed by atoms with Crippen LogP contribution in [-0.4, -0.2) is 56.2 Å². The minimum absolute atomic E-state index is 0.247. The van der Waals surface area contributed by atoms with Gasteiger partial charge in [-0.25, -0.2) is 9.59 Å². The van der Waals surface area contributed by atoms with Crippen molar-refractivity contribution in [1.82, 2.24) is 15.5 Å². The monoisotopic (exact) mass is 488 g/mol. The van der Waals surface area contributed by atoms with Gasteiger partial charge in [-0.3, -0.25) is 4.90 Å². The summed E-state index contributed by atoms with van der Waals surface area (Å²) in [6.07, 6.45) is 0. The van der Waals surface area contributed by atoms with Crippen LogP contribution in [0.15, 0.2) is 59.8 Å². The zero-order valence-electron chi connectivity index (χ0n) is 18.3. The first kappa shape index (κ1) is 23.4. The molecule has 2 N–H and O–H groups in total. The molecule has 2 amide bonds. The second kappa shape index (κ2) is 10.5. The molecular formula is C24H26Cl2N4O3. The van der Waals surface area contributed by atoms with Crippen molar-refractivity contribution >= 4 is 40.9 Å². The number of rotatable bonds is 6. The molecule has 33 heavy (non-hydrogen) atoms. The van der Waals surface area contributed by atoms with Crippen molar-refractivity contribution in [2.75, 3.05) is 44.2 Å². The zero-order chi connectivity index (χ0) is 23.4. The van der Waals surface area contributed by atoms with Gasteiger partial charge in [0.25, 0.3) is 0 Å². The van der Waals surface area contributed by atoms with Crippen LogP contribution in [0.4, 0.5) is 10.5 Å². The van der Waals surface area contributed by atoms with Gasteiger partial charge in [0.1, 0.15) is 0 Å². The molecule has 2 heterocycles. The van der Waals surface area contributed by atoms with Crippen molar-refractivity contribution in [2.24, 2.45) is 0 Å². The summed E-state index contributed by atoms with van der Waals surface area (Å²) in [6, 6.07) is 13.9. The Balaban J connectivity index is 1.54. The van der Waals surface area contributed by atoms with E-state index >= 15 is 0 Å². The minimum atomic E-state index is -0.611. The van der Waals surface area contributed by atoms with Crippen LogP contribution in [0.1, 0.15) is 18.5 Å². The molecule has 2 aromatic carbocycles.